The van der Waals surface area contributed by atoms with Gasteiger partial charge in [0.2, 0.25) is 0 Å². The quantitative estimate of drug-likeness (QED) is 0.306. The first-order valence-electron chi connectivity index (χ1n) is 12.1. The normalized spacial score (nSPS) is 15.1. The molecule has 1 aliphatic heterocycles. The monoisotopic (exact) mass is 544 g/mol. The Labute approximate surface area is 228 Å². The zero-order chi connectivity index (χ0) is 26.6. The van der Waals surface area contributed by atoms with Crippen molar-refractivity contribution >= 4 is 35.0 Å². The lowest BCUT2D eigenvalue weighted by Crippen LogP contribution is -2.40. The zero-order valence-corrected chi connectivity index (χ0v) is 22.5. The number of hydrogen-bond donors (Lipinski definition) is 0. The van der Waals surface area contributed by atoms with E-state index in [2.05, 4.69) is 0 Å². The first kappa shape index (κ1) is 25.7. The third-order valence-electron chi connectivity index (χ3n) is 6.26. The Balaban J connectivity index is 1.65. The molecule has 8 heteroatoms. The fourth-order valence-corrected chi connectivity index (χ4v) is 5.65. The summed E-state index contributed by atoms with van der Waals surface area (Å²) >= 11 is 7.59. The number of nitrogens with zero attached hydrogens (tertiary/aromatic N) is 2. The van der Waals surface area contributed by atoms with Crippen LogP contribution in [0.4, 0.5) is 0 Å². The molecule has 0 radical (unpaired) electrons. The van der Waals surface area contributed by atoms with Crippen molar-refractivity contribution in [2.45, 2.75) is 26.0 Å². The molecule has 0 fully saturated rings. The number of thiazole rings is 1. The molecule has 0 amide bonds. The van der Waals surface area contributed by atoms with Crippen molar-refractivity contribution in [3.8, 4) is 5.75 Å². The molecule has 0 spiro atoms. The molecule has 1 aliphatic rings. The first-order chi connectivity index (χ1) is 18.5. The topological polar surface area (TPSA) is 69.9 Å². The summed E-state index contributed by atoms with van der Waals surface area (Å²) in [5.74, 6) is 0.105. The van der Waals surface area contributed by atoms with Crippen molar-refractivity contribution in [3.05, 3.63) is 132 Å². The fourth-order valence-electron chi connectivity index (χ4n) is 4.46. The molecule has 0 unspecified atom stereocenters. The van der Waals surface area contributed by atoms with Gasteiger partial charge in [0.15, 0.2) is 4.80 Å². The van der Waals surface area contributed by atoms with Crippen LogP contribution in [0.1, 0.15) is 36.1 Å². The molecule has 0 bridgehead atoms. The van der Waals surface area contributed by atoms with Crippen LogP contribution in [0, 0.1) is 0 Å². The summed E-state index contributed by atoms with van der Waals surface area (Å²) in [5.41, 5.74) is 3.23. The maximum atomic E-state index is 13.9. The summed E-state index contributed by atoms with van der Waals surface area (Å²) in [5, 5.41) is 0.527. The molecule has 3 aromatic carbocycles. The highest BCUT2D eigenvalue weighted by molar-refractivity contribution is 7.07. The van der Waals surface area contributed by atoms with Gasteiger partial charge < -0.3 is 9.47 Å². The molecule has 0 saturated heterocycles. The summed E-state index contributed by atoms with van der Waals surface area (Å²) in [7, 11) is 1.34. The molecule has 4 aromatic rings. The molecule has 0 N–H and O–H groups in total. The molecule has 0 saturated carbocycles. The lowest BCUT2D eigenvalue weighted by Gasteiger charge is -2.25. The lowest BCUT2D eigenvalue weighted by molar-refractivity contribution is -0.136. The highest BCUT2D eigenvalue weighted by atomic mass is 35.5. The van der Waals surface area contributed by atoms with E-state index in [0.29, 0.717) is 50.0 Å². The number of methoxy groups -OCH3 is 1. The average Bonchev–Trinajstić information content (AvgIpc) is 3.26. The minimum absolute atomic E-state index is 0.256. The number of esters is 1. The van der Waals surface area contributed by atoms with Crippen molar-refractivity contribution < 1.29 is 14.3 Å². The van der Waals surface area contributed by atoms with Gasteiger partial charge in [0.05, 0.1) is 29.0 Å². The fraction of sp³-hybridized carbons (Fsp3) is 0.167. The van der Waals surface area contributed by atoms with Crippen LogP contribution in [0.5, 0.6) is 5.75 Å². The van der Waals surface area contributed by atoms with Crippen LogP contribution < -0.4 is 19.6 Å². The van der Waals surface area contributed by atoms with Crippen LogP contribution in [0.2, 0.25) is 5.02 Å². The molecule has 1 aromatic heterocycles. The van der Waals surface area contributed by atoms with Crippen LogP contribution in [-0.2, 0) is 16.1 Å². The van der Waals surface area contributed by atoms with Gasteiger partial charge in [-0.2, -0.15) is 0 Å². The van der Waals surface area contributed by atoms with E-state index in [9.17, 15) is 9.59 Å². The Hall–Kier alpha value is -3.94. The summed E-state index contributed by atoms with van der Waals surface area (Å²) in [4.78, 5) is 32.0. The van der Waals surface area contributed by atoms with E-state index in [1.807, 2.05) is 67.6 Å². The number of benzene rings is 3. The van der Waals surface area contributed by atoms with Crippen molar-refractivity contribution in [2.24, 2.45) is 4.99 Å². The second kappa shape index (κ2) is 11.2. The van der Waals surface area contributed by atoms with Gasteiger partial charge >= 0.3 is 5.97 Å². The standard InChI is InChI=1S/C30H25ClN2O4S/c1-3-23-26(29(35)36-2)27(20-12-8-5-9-13-20)33-28(34)25(38-30(33)32-23)17-21-16-22(31)14-15-24(21)37-18-19-10-6-4-7-11-19/h4-17,27H,3,18H2,1-2H3/b25-17+/t27-/m1/s1. The molecular formula is C30H25ClN2O4S. The van der Waals surface area contributed by atoms with Gasteiger partial charge in [-0.25, -0.2) is 9.79 Å². The smallest absolute Gasteiger partial charge is 0.338 e. The number of rotatable bonds is 7. The van der Waals surface area contributed by atoms with E-state index in [4.69, 9.17) is 26.1 Å². The molecular weight excluding hydrogens is 520 g/mol. The Kier molecular flexibility index (Phi) is 7.58. The van der Waals surface area contributed by atoms with Crippen molar-refractivity contribution in [3.63, 3.8) is 0 Å². The van der Waals surface area contributed by atoms with E-state index in [0.717, 1.165) is 11.1 Å². The summed E-state index contributed by atoms with van der Waals surface area (Å²) in [6.45, 7) is 2.31. The first-order valence-corrected chi connectivity index (χ1v) is 13.3. The van der Waals surface area contributed by atoms with Gasteiger partial charge in [0.25, 0.3) is 5.56 Å². The van der Waals surface area contributed by atoms with Crippen molar-refractivity contribution in [1.82, 2.24) is 4.57 Å². The molecule has 2 heterocycles. The van der Waals surface area contributed by atoms with Gasteiger partial charge in [-0.1, -0.05) is 90.5 Å². The maximum absolute atomic E-state index is 13.9. The van der Waals surface area contributed by atoms with Crippen molar-refractivity contribution in [1.29, 1.82) is 0 Å². The predicted octanol–water partition coefficient (Wildman–Crippen LogP) is 5.03. The second-order valence-corrected chi connectivity index (χ2v) is 10.1. The molecule has 192 valence electrons. The number of hydrogen-bond acceptors (Lipinski definition) is 6. The van der Waals surface area contributed by atoms with Gasteiger partial charge in [-0.05, 0) is 41.8 Å². The minimum atomic E-state index is -0.648. The van der Waals surface area contributed by atoms with Crippen LogP contribution in [0.25, 0.3) is 6.08 Å². The molecule has 0 aliphatic carbocycles. The minimum Gasteiger partial charge on any atom is -0.488 e. The van der Waals surface area contributed by atoms with Gasteiger partial charge in [-0.3, -0.25) is 9.36 Å². The zero-order valence-electron chi connectivity index (χ0n) is 20.9. The number of ether oxygens (including phenoxy) is 2. The average molecular weight is 545 g/mol. The van der Waals surface area contributed by atoms with E-state index in [1.165, 1.54) is 18.4 Å². The summed E-state index contributed by atoms with van der Waals surface area (Å²) in [6, 6.07) is 24.0. The van der Waals surface area contributed by atoms with Crippen molar-refractivity contribution in [2.75, 3.05) is 7.11 Å². The summed E-state index contributed by atoms with van der Waals surface area (Å²) < 4.78 is 13.2. The van der Waals surface area contributed by atoms with Gasteiger partial charge in [-0.15, -0.1) is 0 Å². The number of carbonyl (C=O) groups is 1. The number of aromatic nitrogens is 1. The number of fused-ring (bicyclic) bond motifs is 1. The van der Waals surface area contributed by atoms with Crippen LogP contribution in [-0.4, -0.2) is 17.6 Å². The van der Waals surface area contributed by atoms with Crippen LogP contribution in [0.15, 0.2) is 99.9 Å². The van der Waals surface area contributed by atoms with Gasteiger partial charge in [0, 0.05) is 10.6 Å². The Bertz CT molecular complexity index is 1690. The van der Waals surface area contributed by atoms with E-state index in [1.54, 1.807) is 28.8 Å². The largest absolute Gasteiger partial charge is 0.488 e. The molecule has 5 rings (SSSR count). The molecule has 1 atom stereocenters. The van der Waals surface area contributed by atoms with Gasteiger partial charge in [0.1, 0.15) is 12.4 Å². The summed E-state index contributed by atoms with van der Waals surface area (Å²) in [6.07, 6.45) is 2.29. The maximum Gasteiger partial charge on any atom is 0.338 e. The van der Waals surface area contributed by atoms with Crippen LogP contribution >= 0.6 is 22.9 Å². The molecule has 6 nitrogen and oxygen atoms in total. The number of halogens is 1. The van der Waals surface area contributed by atoms with E-state index >= 15 is 0 Å². The lowest BCUT2D eigenvalue weighted by atomic mass is 9.95. The third kappa shape index (κ3) is 5.08. The number of carbonyl (C=O) groups excluding carboxylic acids is 1. The third-order valence-corrected chi connectivity index (χ3v) is 7.48. The second-order valence-electron chi connectivity index (χ2n) is 8.66. The highest BCUT2D eigenvalue weighted by Crippen LogP contribution is 2.32. The Morgan fingerprint density at radius 1 is 1.08 bits per heavy atom. The van der Waals surface area contributed by atoms with E-state index < -0.39 is 12.0 Å². The SMILES string of the molecule is CCC1=C(C(=O)OC)[C@@H](c2ccccc2)n2c(s/c(=C/c3cc(Cl)ccc3OCc3ccccc3)c2=O)=N1. The Morgan fingerprint density at radius 3 is 2.47 bits per heavy atom. The number of allylic oxidation sites excluding steroid dienone is 1. The predicted molar refractivity (Wildman–Crippen MR) is 149 cm³/mol. The van der Waals surface area contributed by atoms with E-state index in [-0.39, 0.29) is 5.56 Å². The highest BCUT2D eigenvalue weighted by Gasteiger charge is 2.33. The Morgan fingerprint density at radius 2 is 1.79 bits per heavy atom. The van der Waals surface area contributed by atoms with Crippen LogP contribution in [0.3, 0.4) is 0 Å². The molecule has 38 heavy (non-hydrogen) atoms.